The van der Waals surface area contributed by atoms with E-state index in [0.717, 1.165) is 30.7 Å². The number of fused-ring (bicyclic) bond motifs is 4. The summed E-state index contributed by atoms with van der Waals surface area (Å²) in [6, 6.07) is 9.35. The maximum atomic E-state index is 11.9. The lowest BCUT2D eigenvalue weighted by Gasteiger charge is -2.49. The molecule has 1 aromatic rings. The third-order valence-corrected chi connectivity index (χ3v) is 9.63. The summed E-state index contributed by atoms with van der Waals surface area (Å²) in [6.45, 7) is 2.41. The molecule has 3 fully saturated rings. The van der Waals surface area contributed by atoms with Crippen molar-refractivity contribution in [1.29, 1.82) is 0 Å². The van der Waals surface area contributed by atoms with Crippen molar-refractivity contribution in [1.82, 2.24) is 9.62 Å². The molecule has 5 rings (SSSR count). The van der Waals surface area contributed by atoms with Crippen molar-refractivity contribution in [3.8, 4) is 0 Å². The Hall–Kier alpha value is -0.910. The molecule has 3 aliphatic carbocycles. The van der Waals surface area contributed by atoms with Gasteiger partial charge in [0.25, 0.3) is 0 Å². The van der Waals surface area contributed by atoms with Gasteiger partial charge in [-0.3, -0.25) is 0 Å². The van der Waals surface area contributed by atoms with E-state index in [1.165, 1.54) is 88.3 Å². The molecule has 5 heteroatoms. The zero-order chi connectivity index (χ0) is 20.8. The van der Waals surface area contributed by atoms with Gasteiger partial charge < -0.3 is 4.90 Å². The summed E-state index contributed by atoms with van der Waals surface area (Å²) in [7, 11) is -3.20. The van der Waals surface area contributed by atoms with Crippen molar-refractivity contribution in [3.63, 3.8) is 0 Å². The van der Waals surface area contributed by atoms with E-state index in [0.29, 0.717) is 0 Å². The van der Waals surface area contributed by atoms with Gasteiger partial charge in [-0.15, -0.1) is 0 Å². The molecule has 0 amide bonds. The second-order valence-corrected chi connectivity index (χ2v) is 12.5. The van der Waals surface area contributed by atoms with E-state index in [4.69, 9.17) is 0 Å². The van der Waals surface area contributed by atoms with Gasteiger partial charge in [-0.25, -0.2) is 13.1 Å². The van der Waals surface area contributed by atoms with E-state index in [2.05, 4.69) is 33.9 Å². The van der Waals surface area contributed by atoms with Gasteiger partial charge in [-0.2, -0.15) is 0 Å². The monoisotopic (exact) mass is 430 g/mol. The number of hydrogen-bond donors (Lipinski definition) is 1. The zero-order valence-corrected chi connectivity index (χ0v) is 19.3. The van der Waals surface area contributed by atoms with Crippen LogP contribution in [0.25, 0.3) is 0 Å². The standard InChI is InChI=1S/C25H38N2O2S/c1-30(28,29)26-24-12-13-25(23-5-3-2-4-22(23)24)14-16-27(17-15-25)21-10-8-19-6-7-20(18-19)9-11-21/h2-5,19-21,24,26H,6-18H2,1H3/t19-,20?,21?,24-/m0/s1. The van der Waals surface area contributed by atoms with Gasteiger partial charge in [0, 0.05) is 12.1 Å². The Morgan fingerprint density at radius 1 is 0.900 bits per heavy atom. The van der Waals surface area contributed by atoms with Crippen molar-refractivity contribution in [2.24, 2.45) is 11.8 Å². The fourth-order valence-corrected chi connectivity index (χ4v) is 8.04. The average Bonchev–Trinajstić information content (AvgIpc) is 3.20. The Balaban J connectivity index is 1.29. The number of benzene rings is 1. The number of piperidine rings is 1. The number of sulfonamides is 1. The summed E-state index contributed by atoms with van der Waals surface area (Å²) in [5.41, 5.74) is 2.86. The first-order chi connectivity index (χ1) is 14.4. The van der Waals surface area contributed by atoms with Crippen LogP contribution in [0.3, 0.4) is 0 Å². The van der Waals surface area contributed by atoms with Crippen molar-refractivity contribution in [3.05, 3.63) is 35.4 Å². The molecular weight excluding hydrogens is 392 g/mol. The topological polar surface area (TPSA) is 49.4 Å². The van der Waals surface area contributed by atoms with Gasteiger partial charge in [0.1, 0.15) is 0 Å². The molecule has 2 saturated carbocycles. The maximum Gasteiger partial charge on any atom is 0.209 e. The van der Waals surface area contributed by atoms with Gasteiger partial charge in [0.2, 0.25) is 10.0 Å². The van der Waals surface area contributed by atoms with Crippen LogP contribution in [0, 0.1) is 11.8 Å². The van der Waals surface area contributed by atoms with E-state index in [1.807, 2.05) is 0 Å². The molecule has 1 saturated heterocycles. The fraction of sp³-hybridized carbons (Fsp3) is 0.760. The minimum absolute atomic E-state index is 0.0686. The first kappa shape index (κ1) is 21.0. The number of rotatable bonds is 3. The Labute approximate surface area is 182 Å². The van der Waals surface area contributed by atoms with Crippen LogP contribution < -0.4 is 4.72 Å². The Bertz CT molecular complexity index is 846. The Morgan fingerprint density at radius 2 is 1.53 bits per heavy atom. The summed E-state index contributed by atoms with van der Waals surface area (Å²) in [4.78, 5) is 2.82. The molecule has 4 nitrogen and oxygen atoms in total. The van der Waals surface area contributed by atoms with E-state index in [9.17, 15) is 8.42 Å². The first-order valence-corrected chi connectivity index (χ1v) is 14.1. The normalized spacial score (nSPS) is 34.3. The van der Waals surface area contributed by atoms with Crippen molar-refractivity contribution in [2.45, 2.75) is 88.1 Å². The molecule has 2 bridgehead atoms. The molecule has 1 N–H and O–H groups in total. The largest absolute Gasteiger partial charge is 0.300 e. The van der Waals surface area contributed by atoms with E-state index < -0.39 is 10.0 Å². The molecule has 0 aromatic heterocycles. The third-order valence-electron chi connectivity index (χ3n) is 8.91. The highest BCUT2D eigenvalue weighted by Gasteiger charge is 2.43. The van der Waals surface area contributed by atoms with E-state index >= 15 is 0 Å². The van der Waals surface area contributed by atoms with Crippen LogP contribution in [0.1, 0.15) is 87.8 Å². The van der Waals surface area contributed by atoms with E-state index in [1.54, 1.807) is 0 Å². The number of likely N-dealkylation sites (tertiary alicyclic amines) is 1. The number of nitrogens with one attached hydrogen (secondary N) is 1. The minimum atomic E-state index is -3.20. The van der Waals surface area contributed by atoms with Crippen LogP contribution >= 0.6 is 0 Å². The lowest BCUT2D eigenvalue weighted by molar-refractivity contribution is 0.0839. The van der Waals surface area contributed by atoms with Crippen LogP contribution in [-0.4, -0.2) is 38.7 Å². The summed E-state index contributed by atoms with van der Waals surface area (Å²) in [5, 5.41) is 0. The molecular formula is C25H38N2O2S. The molecule has 2 unspecified atom stereocenters. The molecule has 1 aliphatic heterocycles. The van der Waals surface area contributed by atoms with Crippen LogP contribution in [-0.2, 0) is 15.4 Å². The fourth-order valence-electron chi connectivity index (χ4n) is 7.28. The highest BCUT2D eigenvalue weighted by atomic mass is 32.2. The van der Waals surface area contributed by atoms with Crippen molar-refractivity contribution < 1.29 is 8.42 Å². The van der Waals surface area contributed by atoms with Crippen LogP contribution in [0.5, 0.6) is 0 Å². The summed E-state index contributed by atoms with van der Waals surface area (Å²) >= 11 is 0. The second kappa shape index (κ2) is 8.22. The minimum Gasteiger partial charge on any atom is -0.300 e. The molecule has 166 valence electrons. The van der Waals surface area contributed by atoms with Gasteiger partial charge in [-0.05, 0) is 99.3 Å². The lowest BCUT2D eigenvalue weighted by Crippen LogP contribution is -2.49. The average molecular weight is 431 g/mol. The Kier molecular flexibility index (Phi) is 5.74. The first-order valence-electron chi connectivity index (χ1n) is 12.2. The number of hydrogen-bond acceptors (Lipinski definition) is 3. The van der Waals surface area contributed by atoms with Crippen LogP contribution in [0.4, 0.5) is 0 Å². The molecule has 1 heterocycles. The van der Waals surface area contributed by atoms with E-state index in [-0.39, 0.29) is 11.5 Å². The molecule has 1 spiro atoms. The predicted octanol–water partition coefficient (Wildman–Crippen LogP) is 4.76. The predicted molar refractivity (Wildman–Crippen MR) is 122 cm³/mol. The quantitative estimate of drug-likeness (QED) is 0.752. The molecule has 4 aliphatic rings. The van der Waals surface area contributed by atoms with Gasteiger partial charge >= 0.3 is 0 Å². The molecule has 30 heavy (non-hydrogen) atoms. The van der Waals surface area contributed by atoms with Crippen molar-refractivity contribution in [2.75, 3.05) is 19.3 Å². The summed E-state index contributed by atoms with van der Waals surface area (Å²) < 4.78 is 26.6. The molecule has 1 aromatic carbocycles. The van der Waals surface area contributed by atoms with Gasteiger partial charge in [0.15, 0.2) is 0 Å². The van der Waals surface area contributed by atoms with Gasteiger partial charge in [-0.1, -0.05) is 37.1 Å². The highest BCUT2D eigenvalue weighted by Crippen LogP contribution is 2.49. The Morgan fingerprint density at radius 3 is 2.20 bits per heavy atom. The molecule has 0 radical (unpaired) electrons. The second-order valence-electron chi connectivity index (χ2n) is 10.7. The molecule has 4 atom stereocenters. The summed E-state index contributed by atoms with van der Waals surface area (Å²) in [6.07, 6.45) is 15.9. The maximum absolute atomic E-state index is 11.9. The summed E-state index contributed by atoms with van der Waals surface area (Å²) in [5.74, 6) is 2.02. The van der Waals surface area contributed by atoms with Crippen LogP contribution in [0.15, 0.2) is 24.3 Å². The SMILES string of the molecule is CS(=O)(=O)N[C@H]1CCC2(CCN(C3CCC4CC[C@@H](CC3)C4)CC2)c2ccccc21. The highest BCUT2D eigenvalue weighted by molar-refractivity contribution is 7.88. The number of nitrogens with zero attached hydrogens (tertiary/aromatic N) is 1. The van der Waals surface area contributed by atoms with Crippen LogP contribution in [0.2, 0.25) is 0 Å². The third kappa shape index (κ3) is 4.22. The van der Waals surface area contributed by atoms with Gasteiger partial charge in [0.05, 0.1) is 6.26 Å². The smallest absolute Gasteiger partial charge is 0.209 e. The zero-order valence-electron chi connectivity index (χ0n) is 18.5. The lowest BCUT2D eigenvalue weighted by atomic mass is 9.63. The van der Waals surface area contributed by atoms with Crippen molar-refractivity contribution >= 4 is 10.0 Å².